The zero-order valence-electron chi connectivity index (χ0n) is 18.4. The highest BCUT2D eigenvalue weighted by Gasteiger charge is 2.26. The molecule has 1 unspecified atom stereocenters. The van der Waals surface area contributed by atoms with Crippen LogP contribution < -0.4 is 15.4 Å². The molecule has 0 fully saturated rings. The molecule has 7 nitrogen and oxygen atoms in total. The molecule has 1 aromatic heterocycles. The predicted octanol–water partition coefficient (Wildman–Crippen LogP) is 3.19. The Hall–Kier alpha value is -1.78. The van der Waals surface area contributed by atoms with Gasteiger partial charge in [-0.05, 0) is 64.2 Å². The first-order valence-electron chi connectivity index (χ1n) is 10.1. The van der Waals surface area contributed by atoms with Crippen LogP contribution >= 0.6 is 24.0 Å². The van der Waals surface area contributed by atoms with E-state index in [2.05, 4.69) is 34.6 Å². The monoisotopic (exact) mass is 530 g/mol. The van der Waals surface area contributed by atoms with Crippen LogP contribution in [0.3, 0.4) is 0 Å². The van der Waals surface area contributed by atoms with Crippen molar-refractivity contribution in [2.24, 2.45) is 4.99 Å². The Bertz CT molecular complexity index is 731. The fourth-order valence-electron chi connectivity index (χ4n) is 2.70. The Kier molecular flexibility index (Phi) is 11.8. The molecule has 1 atom stereocenters. The number of hydrogen-bond donors (Lipinski definition) is 3. The van der Waals surface area contributed by atoms with Gasteiger partial charge in [-0.15, -0.1) is 24.0 Å². The molecule has 3 N–H and O–H groups in total. The summed E-state index contributed by atoms with van der Waals surface area (Å²) >= 11 is 0. The molecule has 0 radical (unpaired) electrons. The van der Waals surface area contributed by atoms with E-state index in [1.54, 1.807) is 25.3 Å². The van der Waals surface area contributed by atoms with E-state index in [-0.39, 0.29) is 30.5 Å². The lowest BCUT2D eigenvalue weighted by molar-refractivity contribution is 0.0386. The van der Waals surface area contributed by atoms with Gasteiger partial charge in [-0.2, -0.15) is 0 Å². The first kappa shape index (κ1) is 26.3. The van der Waals surface area contributed by atoms with Gasteiger partial charge in [-0.1, -0.05) is 12.1 Å². The molecule has 0 aliphatic heterocycles. The van der Waals surface area contributed by atoms with Crippen molar-refractivity contribution in [1.29, 1.82) is 0 Å². The first-order valence-corrected chi connectivity index (χ1v) is 10.1. The highest BCUT2D eigenvalue weighted by Crippen LogP contribution is 2.19. The summed E-state index contributed by atoms with van der Waals surface area (Å²) in [6.07, 6.45) is 2.55. The number of rotatable bonds is 11. The van der Waals surface area contributed by atoms with E-state index in [4.69, 9.17) is 9.15 Å². The molecular formula is C22H35IN4O3. The summed E-state index contributed by atoms with van der Waals surface area (Å²) in [5.74, 6) is 2.03. The van der Waals surface area contributed by atoms with Crippen LogP contribution in [-0.2, 0) is 12.1 Å². The van der Waals surface area contributed by atoms with Crippen LogP contribution in [0.15, 0.2) is 52.1 Å². The standard InChI is InChI=1S/C22H34N4O3.HI/c1-5-23-21(25-17-22(2,27)20-8-6-14-29-20)24-16-18-9-11-19(12-10-18)28-15-7-13-26(3)4;/h6,8-12,14,27H,5,7,13,15-17H2,1-4H3,(H2,23,24,25);1H. The van der Waals surface area contributed by atoms with Gasteiger partial charge < -0.3 is 29.8 Å². The Morgan fingerprint density at radius 3 is 2.53 bits per heavy atom. The van der Waals surface area contributed by atoms with Crippen molar-refractivity contribution < 1.29 is 14.3 Å². The number of guanidine groups is 1. The number of ether oxygens (including phenoxy) is 1. The lowest BCUT2D eigenvalue weighted by Crippen LogP contribution is -2.44. The first-order chi connectivity index (χ1) is 13.9. The van der Waals surface area contributed by atoms with Crippen molar-refractivity contribution in [3.05, 3.63) is 54.0 Å². The van der Waals surface area contributed by atoms with Gasteiger partial charge in [0.15, 0.2) is 5.96 Å². The molecular weight excluding hydrogens is 495 g/mol. The predicted molar refractivity (Wildman–Crippen MR) is 132 cm³/mol. The highest BCUT2D eigenvalue weighted by molar-refractivity contribution is 14.0. The number of nitrogens with one attached hydrogen (secondary N) is 2. The lowest BCUT2D eigenvalue weighted by Gasteiger charge is -2.22. The molecule has 8 heteroatoms. The molecule has 2 aromatic rings. The molecule has 0 aliphatic carbocycles. The van der Waals surface area contributed by atoms with E-state index in [1.807, 2.05) is 31.2 Å². The number of hydrogen-bond acceptors (Lipinski definition) is 5. The van der Waals surface area contributed by atoms with Gasteiger partial charge in [0.25, 0.3) is 0 Å². The van der Waals surface area contributed by atoms with E-state index in [0.29, 0.717) is 24.9 Å². The third kappa shape index (κ3) is 9.36. The van der Waals surface area contributed by atoms with Gasteiger partial charge in [-0.25, -0.2) is 4.99 Å². The zero-order valence-corrected chi connectivity index (χ0v) is 20.7. The topological polar surface area (TPSA) is 82.3 Å². The Balaban J connectivity index is 0.00000450. The van der Waals surface area contributed by atoms with Crippen LogP contribution in [0.25, 0.3) is 0 Å². The van der Waals surface area contributed by atoms with Crippen molar-refractivity contribution in [2.45, 2.75) is 32.4 Å². The van der Waals surface area contributed by atoms with Crippen molar-refractivity contribution in [2.75, 3.05) is 40.3 Å². The molecule has 1 aromatic carbocycles. The Morgan fingerprint density at radius 2 is 1.93 bits per heavy atom. The summed E-state index contributed by atoms with van der Waals surface area (Å²) in [5, 5.41) is 16.9. The summed E-state index contributed by atoms with van der Waals surface area (Å²) in [4.78, 5) is 6.75. The zero-order chi connectivity index (χ0) is 21.1. The van der Waals surface area contributed by atoms with E-state index in [9.17, 15) is 5.11 Å². The van der Waals surface area contributed by atoms with E-state index < -0.39 is 5.60 Å². The van der Waals surface area contributed by atoms with Crippen LogP contribution in [0.4, 0.5) is 0 Å². The second-order valence-corrected chi connectivity index (χ2v) is 7.45. The van der Waals surface area contributed by atoms with E-state index in [0.717, 1.165) is 30.8 Å². The summed E-state index contributed by atoms with van der Waals surface area (Å²) in [6, 6.07) is 11.5. The normalized spacial score (nSPS) is 13.5. The average molecular weight is 530 g/mol. The molecule has 0 bridgehead atoms. The summed E-state index contributed by atoms with van der Waals surface area (Å²) in [6.45, 7) is 6.98. The van der Waals surface area contributed by atoms with Gasteiger partial charge >= 0.3 is 0 Å². The number of furan rings is 1. The molecule has 168 valence electrons. The van der Waals surface area contributed by atoms with Gasteiger partial charge in [0.1, 0.15) is 17.1 Å². The minimum Gasteiger partial charge on any atom is -0.494 e. The van der Waals surface area contributed by atoms with E-state index in [1.165, 1.54) is 0 Å². The fourth-order valence-corrected chi connectivity index (χ4v) is 2.70. The van der Waals surface area contributed by atoms with Gasteiger partial charge in [-0.3, -0.25) is 0 Å². The van der Waals surface area contributed by atoms with Crippen LogP contribution in [0.5, 0.6) is 5.75 Å². The molecule has 0 saturated carbocycles. The maximum absolute atomic E-state index is 10.6. The number of aliphatic imine (C=N–C) groups is 1. The third-order valence-electron chi connectivity index (χ3n) is 4.36. The smallest absolute Gasteiger partial charge is 0.191 e. The van der Waals surface area contributed by atoms with Gasteiger partial charge in [0, 0.05) is 13.1 Å². The minimum absolute atomic E-state index is 0. The van der Waals surface area contributed by atoms with Crippen molar-refractivity contribution in [3.8, 4) is 5.75 Å². The maximum Gasteiger partial charge on any atom is 0.191 e. The molecule has 0 saturated heterocycles. The van der Waals surface area contributed by atoms with Crippen molar-refractivity contribution in [1.82, 2.24) is 15.5 Å². The minimum atomic E-state index is -1.12. The second kappa shape index (κ2) is 13.5. The third-order valence-corrected chi connectivity index (χ3v) is 4.36. The van der Waals surface area contributed by atoms with Crippen molar-refractivity contribution in [3.63, 3.8) is 0 Å². The maximum atomic E-state index is 10.6. The molecule has 1 heterocycles. The number of nitrogens with zero attached hydrogens (tertiary/aromatic N) is 2. The van der Waals surface area contributed by atoms with E-state index >= 15 is 0 Å². The van der Waals surface area contributed by atoms with Crippen LogP contribution in [0, 0.1) is 0 Å². The summed E-state index contributed by atoms with van der Waals surface area (Å²) in [5.41, 5.74) is -0.0359. The highest BCUT2D eigenvalue weighted by atomic mass is 127. The Labute approximate surface area is 196 Å². The van der Waals surface area contributed by atoms with Gasteiger partial charge in [0.2, 0.25) is 0 Å². The van der Waals surface area contributed by atoms with Crippen LogP contribution in [0.2, 0.25) is 0 Å². The average Bonchev–Trinajstić information content (AvgIpc) is 3.24. The molecule has 0 spiro atoms. The van der Waals surface area contributed by atoms with Crippen LogP contribution in [0.1, 0.15) is 31.6 Å². The molecule has 0 amide bonds. The number of benzene rings is 1. The SMILES string of the molecule is CCNC(=NCc1ccc(OCCCN(C)C)cc1)NCC(C)(O)c1ccco1.I. The second-order valence-electron chi connectivity index (χ2n) is 7.45. The molecule has 2 rings (SSSR count). The summed E-state index contributed by atoms with van der Waals surface area (Å²) in [7, 11) is 4.12. The largest absolute Gasteiger partial charge is 0.494 e. The van der Waals surface area contributed by atoms with Gasteiger partial charge in [0.05, 0.1) is 26.0 Å². The quantitative estimate of drug-likeness (QED) is 0.179. The Morgan fingerprint density at radius 1 is 1.20 bits per heavy atom. The molecule has 30 heavy (non-hydrogen) atoms. The number of halogens is 1. The van der Waals surface area contributed by atoms with Crippen LogP contribution in [-0.4, -0.2) is 56.3 Å². The molecule has 0 aliphatic rings. The number of aliphatic hydroxyl groups is 1. The lowest BCUT2D eigenvalue weighted by atomic mass is 10.0. The summed E-state index contributed by atoms with van der Waals surface area (Å²) < 4.78 is 11.1. The fraction of sp³-hybridized carbons (Fsp3) is 0.500. The van der Waals surface area contributed by atoms with Crippen molar-refractivity contribution >= 4 is 29.9 Å².